The van der Waals surface area contributed by atoms with Crippen LogP contribution in [0.15, 0.2) is 16.6 Å². The maximum absolute atomic E-state index is 13.6. The second kappa shape index (κ2) is 3.35. The average Bonchev–Trinajstić information content (AvgIpc) is 2.38. The van der Waals surface area contributed by atoms with Crippen molar-refractivity contribution < 1.29 is 4.39 Å². The molecule has 0 fully saturated rings. The molecule has 0 aliphatic heterocycles. The van der Waals surface area contributed by atoms with Crippen LogP contribution >= 0.6 is 31.9 Å². The molecule has 0 amide bonds. The molecule has 2 atom stereocenters. The highest BCUT2D eigenvalue weighted by Gasteiger charge is 2.29. The van der Waals surface area contributed by atoms with Crippen molar-refractivity contribution >= 4 is 31.9 Å². The lowest BCUT2D eigenvalue weighted by Crippen LogP contribution is -1.93. The van der Waals surface area contributed by atoms with E-state index in [1.807, 2.05) is 6.07 Å². The first-order valence-electron chi connectivity index (χ1n) is 4.22. The summed E-state index contributed by atoms with van der Waals surface area (Å²) in [7, 11) is 0. The van der Waals surface area contributed by atoms with Crippen LogP contribution in [0.4, 0.5) is 4.39 Å². The van der Waals surface area contributed by atoms with E-state index < -0.39 is 0 Å². The number of halogens is 3. The Kier molecular flexibility index (Phi) is 2.49. The van der Waals surface area contributed by atoms with E-state index in [1.165, 1.54) is 0 Å². The van der Waals surface area contributed by atoms with Gasteiger partial charge in [-0.1, -0.05) is 28.9 Å². The second-order valence-electron chi connectivity index (χ2n) is 3.51. The molecule has 2 unspecified atom stereocenters. The average molecular weight is 308 g/mol. The zero-order chi connectivity index (χ0) is 9.59. The molecule has 3 heteroatoms. The smallest absolute Gasteiger partial charge is 0.140 e. The lowest BCUT2D eigenvalue weighted by molar-refractivity contribution is 0.581. The molecular formula is C10H9Br2F. The van der Waals surface area contributed by atoms with E-state index in [2.05, 4.69) is 38.8 Å². The molecule has 0 heterocycles. The lowest BCUT2D eigenvalue weighted by Gasteiger charge is -2.06. The van der Waals surface area contributed by atoms with Crippen LogP contribution in [0.25, 0.3) is 0 Å². The highest BCUT2D eigenvalue weighted by Crippen LogP contribution is 2.43. The first kappa shape index (κ1) is 9.66. The number of rotatable bonds is 0. The Morgan fingerprint density at radius 1 is 1.46 bits per heavy atom. The Labute approximate surface area is 93.8 Å². The van der Waals surface area contributed by atoms with E-state index in [1.54, 1.807) is 6.07 Å². The van der Waals surface area contributed by atoms with Crippen LogP contribution < -0.4 is 0 Å². The first-order chi connectivity index (χ1) is 6.11. The van der Waals surface area contributed by atoms with Crippen molar-refractivity contribution in [3.05, 3.63) is 33.5 Å². The maximum Gasteiger partial charge on any atom is 0.140 e. The summed E-state index contributed by atoms with van der Waals surface area (Å²) in [6.07, 6.45) is 0.830. The zero-order valence-corrected chi connectivity index (χ0v) is 10.3. The van der Waals surface area contributed by atoms with E-state index in [4.69, 9.17) is 0 Å². The topological polar surface area (TPSA) is 0 Å². The van der Waals surface area contributed by atoms with Gasteiger partial charge in [0.15, 0.2) is 0 Å². The largest absolute Gasteiger partial charge is 0.205 e. The van der Waals surface area contributed by atoms with E-state index in [-0.39, 0.29) is 5.82 Å². The van der Waals surface area contributed by atoms with Gasteiger partial charge >= 0.3 is 0 Å². The first-order valence-corrected chi connectivity index (χ1v) is 5.93. The molecule has 0 saturated heterocycles. The monoisotopic (exact) mass is 306 g/mol. The minimum Gasteiger partial charge on any atom is -0.205 e. The SMILES string of the molecule is CC1Cc2c(ccc(Br)c2F)C1Br. The van der Waals surface area contributed by atoms with Crippen molar-refractivity contribution in [2.24, 2.45) is 5.92 Å². The van der Waals surface area contributed by atoms with Crippen molar-refractivity contribution in [3.63, 3.8) is 0 Å². The Morgan fingerprint density at radius 3 is 2.85 bits per heavy atom. The summed E-state index contributed by atoms with van der Waals surface area (Å²) in [4.78, 5) is 0.310. The summed E-state index contributed by atoms with van der Waals surface area (Å²) in [5.74, 6) is 0.394. The quantitative estimate of drug-likeness (QED) is 0.630. The Hall–Kier alpha value is 0.110. The number of hydrogen-bond donors (Lipinski definition) is 0. The minimum atomic E-state index is -0.0914. The van der Waals surface area contributed by atoms with Crippen molar-refractivity contribution in [3.8, 4) is 0 Å². The zero-order valence-electron chi connectivity index (χ0n) is 7.15. The van der Waals surface area contributed by atoms with Crippen LogP contribution in [-0.4, -0.2) is 0 Å². The van der Waals surface area contributed by atoms with Gasteiger partial charge in [0.05, 0.1) is 4.47 Å². The third-order valence-corrected chi connectivity index (χ3v) is 4.56. The van der Waals surface area contributed by atoms with Crippen molar-refractivity contribution in [2.45, 2.75) is 18.2 Å². The Balaban J connectivity index is 2.57. The van der Waals surface area contributed by atoms with Gasteiger partial charge in [0.2, 0.25) is 0 Å². The van der Waals surface area contributed by atoms with Crippen molar-refractivity contribution in [1.29, 1.82) is 0 Å². The molecule has 0 nitrogen and oxygen atoms in total. The predicted octanol–water partition coefficient (Wildman–Crippen LogP) is 4.22. The number of fused-ring (bicyclic) bond motifs is 1. The molecule has 0 saturated carbocycles. The van der Waals surface area contributed by atoms with Crippen molar-refractivity contribution in [2.75, 3.05) is 0 Å². The molecule has 0 aromatic heterocycles. The van der Waals surface area contributed by atoms with Crippen LogP contribution in [0, 0.1) is 11.7 Å². The summed E-state index contributed by atoms with van der Waals surface area (Å²) in [6.45, 7) is 2.13. The van der Waals surface area contributed by atoms with Gasteiger partial charge in [0.1, 0.15) is 5.82 Å². The fourth-order valence-corrected chi connectivity index (χ4v) is 2.79. The molecule has 0 N–H and O–H groups in total. The molecule has 1 aliphatic carbocycles. The lowest BCUT2D eigenvalue weighted by atomic mass is 10.1. The molecule has 13 heavy (non-hydrogen) atoms. The Morgan fingerprint density at radius 2 is 2.15 bits per heavy atom. The fraction of sp³-hybridized carbons (Fsp3) is 0.400. The molecule has 1 aromatic rings. The van der Waals surface area contributed by atoms with Gasteiger partial charge < -0.3 is 0 Å². The maximum atomic E-state index is 13.6. The second-order valence-corrected chi connectivity index (χ2v) is 5.35. The third kappa shape index (κ3) is 1.46. The van der Waals surface area contributed by atoms with Crippen LogP contribution in [-0.2, 0) is 6.42 Å². The van der Waals surface area contributed by atoms with E-state index in [0.29, 0.717) is 15.2 Å². The molecule has 1 aliphatic rings. The number of alkyl halides is 1. The summed E-state index contributed by atoms with van der Waals surface area (Å²) in [6, 6.07) is 3.77. The van der Waals surface area contributed by atoms with Gasteiger partial charge in [-0.25, -0.2) is 4.39 Å². The fourth-order valence-electron chi connectivity index (χ4n) is 1.81. The highest BCUT2D eigenvalue weighted by molar-refractivity contribution is 9.10. The van der Waals surface area contributed by atoms with Gasteiger partial charge in [-0.3, -0.25) is 0 Å². The highest BCUT2D eigenvalue weighted by atomic mass is 79.9. The third-order valence-electron chi connectivity index (χ3n) is 2.56. The molecule has 0 bridgehead atoms. The molecule has 0 spiro atoms. The molecule has 70 valence electrons. The predicted molar refractivity (Wildman–Crippen MR) is 58.6 cm³/mol. The van der Waals surface area contributed by atoms with Crippen LogP contribution in [0.3, 0.4) is 0 Å². The normalized spacial score (nSPS) is 26.2. The van der Waals surface area contributed by atoms with Gasteiger partial charge in [0.25, 0.3) is 0 Å². The van der Waals surface area contributed by atoms with Crippen LogP contribution in [0.2, 0.25) is 0 Å². The van der Waals surface area contributed by atoms with Crippen molar-refractivity contribution in [1.82, 2.24) is 0 Å². The summed E-state index contributed by atoms with van der Waals surface area (Å²) in [5, 5.41) is 0. The van der Waals surface area contributed by atoms with Gasteiger partial charge in [0, 0.05) is 4.83 Å². The standard InChI is InChI=1S/C10H9Br2F/c1-5-4-7-6(9(5)12)2-3-8(11)10(7)13/h2-3,5,9H,4H2,1H3. The minimum absolute atomic E-state index is 0.0914. The van der Waals surface area contributed by atoms with Crippen LogP contribution in [0.1, 0.15) is 22.9 Å². The number of benzene rings is 1. The van der Waals surface area contributed by atoms with E-state index in [9.17, 15) is 4.39 Å². The summed E-state index contributed by atoms with van der Waals surface area (Å²) < 4.78 is 14.2. The van der Waals surface area contributed by atoms with E-state index >= 15 is 0 Å². The number of hydrogen-bond acceptors (Lipinski definition) is 0. The molecule has 1 aromatic carbocycles. The van der Waals surface area contributed by atoms with Gasteiger partial charge in [-0.15, -0.1) is 0 Å². The summed E-state index contributed by atoms with van der Waals surface area (Å²) in [5.41, 5.74) is 1.97. The Bertz CT molecular complexity index is 349. The summed E-state index contributed by atoms with van der Waals surface area (Å²) >= 11 is 6.78. The molecular weight excluding hydrogens is 299 g/mol. The van der Waals surface area contributed by atoms with Gasteiger partial charge in [-0.2, -0.15) is 0 Å². The van der Waals surface area contributed by atoms with Gasteiger partial charge in [-0.05, 0) is 45.5 Å². The van der Waals surface area contributed by atoms with Crippen LogP contribution in [0.5, 0.6) is 0 Å². The molecule has 2 rings (SSSR count). The molecule has 0 radical (unpaired) electrons. The van der Waals surface area contributed by atoms with E-state index in [0.717, 1.165) is 17.5 Å².